The molecular weight excluding hydrogens is 228 g/mol. The van der Waals surface area contributed by atoms with Crippen LogP contribution in [-0.4, -0.2) is 17.6 Å². The molecule has 0 fully saturated rings. The number of nitrogens with one attached hydrogen (secondary N) is 1. The molecule has 0 heterocycles. The summed E-state index contributed by atoms with van der Waals surface area (Å²) in [6.45, 7) is 6.17. The van der Waals surface area contributed by atoms with Crippen LogP contribution in [0.15, 0.2) is 18.2 Å². The number of hydrogen-bond acceptors (Lipinski definition) is 3. The SMILES string of the molecule is CCc1ccc(O)c(NC(=O)C(C)(C)CCN)c1. The molecule has 1 aromatic carbocycles. The van der Waals surface area contributed by atoms with Crippen molar-refractivity contribution in [3.8, 4) is 5.75 Å². The molecule has 4 N–H and O–H groups in total. The van der Waals surface area contributed by atoms with Crippen LogP contribution in [0, 0.1) is 5.41 Å². The zero-order valence-electron chi connectivity index (χ0n) is 11.3. The van der Waals surface area contributed by atoms with Crippen molar-refractivity contribution in [3.05, 3.63) is 23.8 Å². The molecule has 0 aliphatic rings. The highest BCUT2D eigenvalue weighted by molar-refractivity contribution is 5.96. The first kappa shape index (κ1) is 14.5. The largest absolute Gasteiger partial charge is 0.506 e. The summed E-state index contributed by atoms with van der Waals surface area (Å²) in [7, 11) is 0. The van der Waals surface area contributed by atoms with Crippen molar-refractivity contribution in [2.45, 2.75) is 33.6 Å². The van der Waals surface area contributed by atoms with Gasteiger partial charge in [0, 0.05) is 5.41 Å². The van der Waals surface area contributed by atoms with E-state index in [1.54, 1.807) is 12.1 Å². The number of aryl methyl sites for hydroxylation is 1. The molecule has 1 amide bonds. The zero-order valence-corrected chi connectivity index (χ0v) is 11.3. The summed E-state index contributed by atoms with van der Waals surface area (Å²) in [5, 5.41) is 12.5. The van der Waals surface area contributed by atoms with E-state index in [1.807, 2.05) is 26.8 Å². The molecule has 0 saturated carbocycles. The topological polar surface area (TPSA) is 75.3 Å². The Balaban J connectivity index is 2.87. The molecule has 1 aromatic rings. The summed E-state index contributed by atoms with van der Waals surface area (Å²) in [6, 6.07) is 5.24. The number of benzene rings is 1. The quantitative estimate of drug-likeness (QED) is 0.702. The zero-order chi connectivity index (χ0) is 13.8. The lowest BCUT2D eigenvalue weighted by atomic mass is 9.88. The Bertz CT molecular complexity index is 428. The van der Waals surface area contributed by atoms with E-state index in [-0.39, 0.29) is 11.7 Å². The maximum Gasteiger partial charge on any atom is 0.230 e. The minimum atomic E-state index is -0.538. The van der Waals surface area contributed by atoms with Crippen LogP contribution in [0.3, 0.4) is 0 Å². The van der Waals surface area contributed by atoms with Crippen molar-refractivity contribution in [2.75, 3.05) is 11.9 Å². The third kappa shape index (κ3) is 3.47. The normalized spacial score (nSPS) is 11.3. The average Bonchev–Trinajstić information content (AvgIpc) is 2.31. The van der Waals surface area contributed by atoms with E-state index in [9.17, 15) is 9.90 Å². The predicted molar refractivity (Wildman–Crippen MR) is 73.6 cm³/mol. The van der Waals surface area contributed by atoms with Gasteiger partial charge in [-0.25, -0.2) is 0 Å². The summed E-state index contributed by atoms with van der Waals surface area (Å²) in [4.78, 5) is 12.1. The molecule has 4 heteroatoms. The Morgan fingerprint density at radius 2 is 2.11 bits per heavy atom. The van der Waals surface area contributed by atoms with Gasteiger partial charge >= 0.3 is 0 Å². The van der Waals surface area contributed by atoms with Gasteiger partial charge in [0.25, 0.3) is 0 Å². The smallest absolute Gasteiger partial charge is 0.230 e. The van der Waals surface area contributed by atoms with Crippen LogP contribution in [-0.2, 0) is 11.2 Å². The second-order valence-electron chi connectivity index (χ2n) is 5.08. The van der Waals surface area contributed by atoms with Crippen LogP contribution in [0.5, 0.6) is 5.75 Å². The second-order valence-corrected chi connectivity index (χ2v) is 5.08. The molecule has 0 aromatic heterocycles. The van der Waals surface area contributed by atoms with Gasteiger partial charge in [0.05, 0.1) is 5.69 Å². The van der Waals surface area contributed by atoms with Crippen molar-refractivity contribution in [2.24, 2.45) is 11.1 Å². The van der Waals surface area contributed by atoms with Crippen molar-refractivity contribution in [1.82, 2.24) is 0 Å². The van der Waals surface area contributed by atoms with E-state index >= 15 is 0 Å². The number of carbonyl (C=O) groups excluding carboxylic acids is 1. The highest BCUT2D eigenvalue weighted by atomic mass is 16.3. The molecule has 0 aliphatic heterocycles. The Morgan fingerprint density at radius 3 is 2.67 bits per heavy atom. The Kier molecular flexibility index (Phi) is 4.73. The van der Waals surface area contributed by atoms with Crippen molar-refractivity contribution >= 4 is 11.6 Å². The Labute approximate surface area is 108 Å². The third-order valence-corrected chi connectivity index (χ3v) is 3.10. The molecular formula is C14H22N2O2. The van der Waals surface area contributed by atoms with Crippen LogP contribution < -0.4 is 11.1 Å². The lowest BCUT2D eigenvalue weighted by molar-refractivity contribution is -0.124. The van der Waals surface area contributed by atoms with Crippen molar-refractivity contribution < 1.29 is 9.90 Å². The Hall–Kier alpha value is -1.55. The molecule has 1 rings (SSSR count). The van der Waals surface area contributed by atoms with Crippen LogP contribution >= 0.6 is 0 Å². The molecule has 4 nitrogen and oxygen atoms in total. The van der Waals surface area contributed by atoms with E-state index in [2.05, 4.69) is 5.32 Å². The van der Waals surface area contributed by atoms with Crippen LogP contribution in [0.25, 0.3) is 0 Å². The summed E-state index contributed by atoms with van der Waals surface area (Å²) in [5.41, 5.74) is 6.49. The summed E-state index contributed by atoms with van der Waals surface area (Å²) < 4.78 is 0. The number of phenolic OH excluding ortho intramolecular Hbond substituents is 1. The molecule has 0 unspecified atom stereocenters. The fourth-order valence-corrected chi connectivity index (χ4v) is 1.67. The van der Waals surface area contributed by atoms with Gasteiger partial charge in [-0.1, -0.05) is 26.8 Å². The van der Waals surface area contributed by atoms with E-state index in [4.69, 9.17) is 5.73 Å². The highest BCUT2D eigenvalue weighted by Crippen LogP contribution is 2.28. The first-order valence-electron chi connectivity index (χ1n) is 6.24. The number of carbonyl (C=O) groups is 1. The lowest BCUT2D eigenvalue weighted by Gasteiger charge is -2.23. The molecule has 18 heavy (non-hydrogen) atoms. The molecule has 0 spiro atoms. The van der Waals surface area contributed by atoms with Gasteiger partial charge in [0.2, 0.25) is 5.91 Å². The third-order valence-electron chi connectivity index (χ3n) is 3.10. The number of nitrogens with two attached hydrogens (primary N) is 1. The van der Waals surface area contributed by atoms with Crippen LogP contribution in [0.1, 0.15) is 32.8 Å². The van der Waals surface area contributed by atoms with Gasteiger partial charge in [-0.05, 0) is 37.1 Å². The minimum absolute atomic E-state index is 0.0871. The molecule has 0 saturated heterocycles. The second kappa shape index (κ2) is 5.87. The number of rotatable bonds is 5. The first-order chi connectivity index (χ1) is 8.40. The number of hydrogen-bond donors (Lipinski definition) is 3. The minimum Gasteiger partial charge on any atom is -0.506 e. The summed E-state index contributed by atoms with van der Waals surface area (Å²) >= 11 is 0. The summed E-state index contributed by atoms with van der Waals surface area (Å²) in [5.74, 6) is -0.0411. The van der Waals surface area contributed by atoms with Gasteiger partial charge in [-0.15, -0.1) is 0 Å². The van der Waals surface area contributed by atoms with E-state index in [0.717, 1.165) is 12.0 Å². The van der Waals surface area contributed by atoms with Gasteiger partial charge in [-0.2, -0.15) is 0 Å². The first-order valence-corrected chi connectivity index (χ1v) is 6.24. The van der Waals surface area contributed by atoms with E-state index < -0.39 is 5.41 Å². The summed E-state index contributed by atoms with van der Waals surface area (Å²) in [6.07, 6.45) is 1.46. The average molecular weight is 250 g/mol. The molecule has 0 radical (unpaired) electrons. The van der Waals surface area contributed by atoms with E-state index in [1.165, 1.54) is 0 Å². The number of amides is 1. The van der Waals surface area contributed by atoms with Gasteiger partial charge in [0.15, 0.2) is 0 Å². The van der Waals surface area contributed by atoms with Crippen molar-refractivity contribution in [3.63, 3.8) is 0 Å². The number of anilines is 1. The molecule has 100 valence electrons. The maximum atomic E-state index is 12.1. The highest BCUT2D eigenvalue weighted by Gasteiger charge is 2.27. The van der Waals surface area contributed by atoms with Gasteiger partial charge < -0.3 is 16.2 Å². The molecule has 0 atom stereocenters. The fourth-order valence-electron chi connectivity index (χ4n) is 1.67. The predicted octanol–water partition coefficient (Wildman–Crippen LogP) is 2.27. The molecule has 0 bridgehead atoms. The van der Waals surface area contributed by atoms with E-state index in [0.29, 0.717) is 18.7 Å². The maximum absolute atomic E-state index is 12.1. The van der Waals surface area contributed by atoms with Crippen LogP contribution in [0.4, 0.5) is 5.69 Å². The Morgan fingerprint density at radius 1 is 1.44 bits per heavy atom. The standard InChI is InChI=1S/C14H22N2O2/c1-4-10-5-6-12(17)11(9-10)16-13(18)14(2,3)7-8-15/h5-6,9,17H,4,7-8,15H2,1-3H3,(H,16,18). The number of aromatic hydroxyl groups is 1. The fraction of sp³-hybridized carbons (Fsp3) is 0.500. The van der Waals surface area contributed by atoms with Crippen molar-refractivity contribution in [1.29, 1.82) is 0 Å². The van der Waals surface area contributed by atoms with Gasteiger partial charge in [-0.3, -0.25) is 4.79 Å². The lowest BCUT2D eigenvalue weighted by Crippen LogP contribution is -2.32. The van der Waals surface area contributed by atoms with Gasteiger partial charge in [0.1, 0.15) is 5.75 Å². The van der Waals surface area contributed by atoms with Crippen LogP contribution in [0.2, 0.25) is 0 Å². The monoisotopic (exact) mass is 250 g/mol. The number of phenols is 1. The molecule has 0 aliphatic carbocycles.